The number of halogens is 3. The number of amides is 2. The van der Waals surface area contributed by atoms with Crippen molar-refractivity contribution < 1.29 is 18.0 Å². The molecule has 1 aliphatic heterocycles. The van der Waals surface area contributed by atoms with Crippen LogP contribution in [-0.2, 0) is 13.0 Å². The molecule has 0 fully saturated rings. The molecule has 0 aliphatic carbocycles. The third-order valence-corrected chi connectivity index (χ3v) is 4.07. The second-order valence-corrected chi connectivity index (χ2v) is 5.62. The van der Waals surface area contributed by atoms with Crippen molar-refractivity contribution in [3.05, 3.63) is 21.9 Å². The summed E-state index contributed by atoms with van der Waals surface area (Å²) in [4.78, 5) is 14.7. The van der Waals surface area contributed by atoms with E-state index in [0.717, 1.165) is 19.5 Å². The van der Waals surface area contributed by atoms with E-state index in [1.54, 1.807) is 16.7 Å². The van der Waals surface area contributed by atoms with Crippen LogP contribution in [0.3, 0.4) is 0 Å². The Bertz CT molecular complexity index is 461. The molecule has 0 aromatic carbocycles. The maximum atomic E-state index is 11.9. The van der Waals surface area contributed by atoms with Gasteiger partial charge in [0.25, 0.3) is 0 Å². The Hall–Kier alpha value is -1.28. The minimum absolute atomic E-state index is 0.336. The van der Waals surface area contributed by atoms with Crippen LogP contribution < -0.4 is 10.6 Å². The Morgan fingerprint density at radius 2 is 2.20 bits per heavy atom. The van der Waals surface area contributed by atoms with E-state index in [-0.39, 0.29) is 0 Å². The van der Waals surface area contributed by atoms with Crippen molar-refractivity contribution >= 4 is 17.4 Å². The third-order valence-electron chi connectivity index (χ3n) is 3.05. The topological polar surface area (TPSA) is 44.4 Å². The van der Waals surface area contributed by atoms with Gasteiger partial charge in [-0.25, -0.2) is 4.79 Å². The first-order chi connectivity index (χ1) is 9.44. The van der Waals surface area contributed by atoms with Gasteiger partial charge in [-0.05, 0) is 23.4 Å². The predicted molar refractivity (Wildman–Crippen MR) is 70.8 cm³/mol. The molecule has 20 heavy (non-hydrogen) atoms. The fraction of sp³-hybridized carbons (Fsp3) is 0.583. The third kappa shape index (κ3) is 4.68. The lowest BCUT2D eigenvalue weighted by Crippen LogP contribution is -2.44. The molecule has 0 unspecified atom stereocenters. The summed E-state index contributed by atoms with van der Waals surface area (Å²) in [6.07, 6.45) is -3.38. The van der Waals surface area contributed by atoms with E-state index in [1.807, 2.05) is 0 Å². The van der Waals surface area contributed by atoms with Crippen molar-refractivity contribution in [3.8, 4) is 0 Å². The lowest BCUT2D eigenvalue weighted by molar-refractivity contribution is -0.122. The molecule has 2 rings (SSSR count). The Morgan fingerprint density at radius 3 is 2.95 bits per heavy atom. The first-order valence-electron chi connectivity index (χ1n) is 6.30. The number of thiophene rings is 1. The molecule has 8 heteroatoms. The number of nitrogens with zero attached hydrogens (tertiary/aromatic N) is 1. The second-order valence-electron chi connectivity index (χ2n) is 4.62. The molecule has 1 aliphatic rings. The van der Waals surface area contributed by atoms with Gasteiger partial charge >= 0.3 is 12.2 Å². The Balaban J connectivity index is 1.63. The molecule has 112 valence electrons. The van der Waals surface area contributed by atoms with Gasteiger partial charge in [-0.15, -0.1) is 11.3 Å². The van der Waals surface area contributed by atoms with Gasteiger partial charge in [0.05, 0.1) is 0 Å². The van der Waals surface area contributed by atoms with Gasteiger partial charge in [-0.3, -0.25) is 4.90 Å². The van der Waals surface area contributed by atoms with E-state index in [2.05, 4.69) is 21.7 Å². The number of hydrogen-bond acceptors (Lipinski definition) is 3. The van der Waals surface area contributed by atoms with Crippen molar-refractivity contribution in [2.75, 3.05) is 26.2 Å². The van der Waals surface area contributed by atoms with Crippen molar-refractivity contribution in [2.45, 2.75) is 19.1 Å². The van der Waals surface area contributed by atoms with Gasteiger partial charge in [0.15, 0.2) is 0 Å². The largest absolute Gasteiger partial charge is 0.405 e. The van der Waals surface area contributed by atoms with E-state index in [0.29, 0.717) is 13.1 Å². The van der Waals surface area contributed by atoms with Crippen LogP contribution in [0.2, 0.25) is 0 Å². The van der Waals surface area contributed by atoms with Gasteiger partial charge < -0.3 is 10.6 Å². The summed E-state index contributed by atoms with van der Waals surface area (Å²) in [5.41, 5.74) is 1.31. The van der Waals surface area contributed by atoms with Gasteiger partial charge in [-0.1, -0.05) is 0 Å². The summed E-state index contributed by atoms with van der Waals surface area (Å²) in [7, 11) is 0. The molecule has 0 radical (unpaired) electrons. The van der Waals surface area contributed by atoms with E-state index in [1.165, 1.54) is 10.4 Å². The fourth-order valence-electron chi connectivity index (χ4n) is 2.07. The molecule has 2 heterocycles. The average Bonchev–Trinajstić information content (AvgIpc) is 2.83. The van der Waals surface area contributed by atoms with E-state index >= 15 is 0 Å². The van der Waals surface area contributed by atoms with E-state index in [9.17, 15) is 18.0 Å². The van der Waals surface area contributed by atoms with Gasteiger partial charge in [-0.2, -0.15) is 13.2 Å². The molecule has 1 aromatic heterocycles. The highest BCUT2D eigenvalue weighted by Gasteiger charge is 2.27. The smallest absolute Gasteiger partial charge is 0.337 e. The number of rotatable bonds is 4. The van der Waals surface area contributed by atoms with Gasteiger partial charge in [0.2, 0.25) is 0 Å². The molecule has 0 saturated heterocycles. The van der Waals surface area contributed by atoms with E-state index < -0.39 is 18.8 Å². The van der Waals surface area contributed by atoms with Crippen LogP contribution in [0.1, 0.15) is 10.4 Å². The zero-order chi connectivity index (χ0) is 14.6. The maximum absolute atomic E-state index is 11.9. The highest BCUT2D eigenvalue weighted by molar-refractivity contribution is 7.10. The molecule has 2 N–H and O–H groups in total. The molecule has 1 aromatic rings. The quantitative estimate of drug-likeness (QED) is 0.893. The standard InChI is InChI=1S/C12H16F3N3OS/c13-12(14,15)8-17-11(19)16-3-5-18-4-1-10-9(7-18)2-6-20-10/h2,6H,1,3-5,7-8H2,(H2,16,17,19). The first-order valence-corrected chi connectivity index (χ1v) is 7.18. The van der Waals surface area contributed by atoms with Gasteiger partial charge in [0, 0.05) is 31.1 Å². The number of nitrogens with one attached hydrogen (secondary N) is 2. The van der Waals surface area contributed by atoms with Crippen LogP contribution >= 0.6 is 11.3 Å². The van der Waals surface area contributed by atoms with Crippen LogP contribution in [0.25, 0.3) is 0 Å². The monoisotopic (exact) mass is 307 g/mol. The summed E-state index contributed by atoms with van der Waals surface area (Å²) in [5, 5.41) is 6.28. The normalized spacial score (nSPS) is 15.8. The summed E-state index contributed by atoms with van der Waals surface area (Å²) in [5.74, 6) is 0. The van der Waals surface area contributed by atoms with Crippen LogP contribution in [0.4, 0.5) is 18.0 Å². The van der Waals surface area contributed by atoms with Crippen molar-refractivity contribution in [1.29, 1.82) is 0 Å². The number of alkyl halides is 3. The first kappa shape index (κ1) is 15.1. The number of urea groups is 1. The van der Waals surface area contributed by atoms with Crippen LogP contribution in [0, 0.1) is 0 Å². The molecular weight excluding hydrogens is 291 g/mol. The lowest BCUT2D eigenvalue weighted by atomic mass is 10.1. The zero-order valence-corrected chi connectivity index (χ0v) is 11.6. The van der Waals surface area contributed by atoms with Crippen molar-refractivity contribution in [1.82, 2.24) is 15.5 Å². The number of fused-ring (bicyclic) bond motifs is 1. The summed E-state index contributed by atoms with van der Waals surface area (Å²) in [6, 6.07) is 1.31. The summed E-state index contributed by atoms with van der Waals surface area (Å²) >= 11 is 1.75. The highest BCUT2D eigenvalue weighted by atomic mass is 32.1. The summed E-state index contributed by atoms with van der Waals surface area (Å²) < 4.78 is 35.7. The average molecular weight is 307 g/mol. The zero-order valence-electron chi connectivity index (χ0n) is 10.8. The summed E-state index contributed by atoms with van der Waals surface area (Å²) in [6.45, 7) is 1.42. The predicted octanol–water partition coefficient (Wildman–Crippen LogP) is 1.97. The Labute approximate surface area is 119 Å². The molecule has 0 atom stereocenters. The van der Waals surface area contributed by atoms with E-state index in [4.69, 9.17) is 0 Å². The number of carbonyl (C=O) groups is 1. The maximum Gasteiger partial charge on any atom is 0.405 e. The fourth-order valence-corrected chi connectivity index (χ4v) is 2.96. The number of carbonyl (C=O) groups excluding carboxylic acids is 1. The van der Waals surface area contributed by atoms with Crippen LogP contribution in [-0.4, -0.2) is 43.3 Å². The SMILES string of the molecule is O=C(NCCN1CCc2sccc2C1)NCC(F)(F)F. The minimum atomic E-state index is -4.38. The van der Waals surface area contributed by atoms with Crippen LogP contribution in [0.5, 0.6) is 0 Å². The van der Waals surface area contributed by atoms with Crippen LogP contribution in [0.15, 0.2) is 11.4 Å². The molecule has 2 amide bonds. The minimum Gasteiger partial charge on any atom is -0.337 e. The van der Waals surface area contributed by atoms with Gasteiger partial charge in [0.1, 0.15) is 6.54 Å². The van der Waals surface area contributed by atoms with Crippen molar-refractivity contribution in [3.63, 3.8) is 0 Å². The Kier molecular flexibility index (Phi) is 4.87. The molecule has 0 bridgehead atoms. The molecule has 0 spiro atoms. The van der Waals surface area contributed by atoms with Crippen molar-refractivity contribution in [2.24, 2.45) is 0 Å². The molecule has 4 nitrogen and oxygen atoms in total. The molecular formula is C12H16F3N3OS. The highest BCUT2D eigenvalue weighted by Crippen LogP contribution is 2.23. The number of hydrogen-bond donors (Lipinski definition) is 2. The second kappa shape index (κ2) is 6.45. The Morgan fingerprint density at radius 1 is 1.40 bits per heavy atom. The lowest BCUT2D eigenvalue weighted by Gasteiger charge is -2.26. The molecule has 0 saturated carbocycles.